The summed E-state index contributed by atoms with van der Waals surface area (Å²) in [6, 6.07) is 6.58. The molecule has 6 nitrogen and oxygen atoms in total. The van der Waals surface area contributed by atoms with Gasteiger partial charge in [0, 0.05) is 23.2 Å². The van der Waals surface area contributed by atoms with Crippen molar-refractivity contribution in [3.63, 3.8) is 0 Å². The maximum Gasteiger partial charge on any atom is 0.223 e. The smallest absolute Gasteiger partial charge is 0.223 e. The van der Waals surface area contributed by atoms with Gasteiger partial charge in [-0.15, -0.1) is 0 Å². The second-order valence-corrected chi connectivity index (χ2v) is 6.49. The van der Waals surface area contributed by atoms with Gasteiger partial charge in [0.05, 0.1) is 16.4 Å². The molecular weight excluding hydrogens is 338 g/mol. The maximum atomic E-state index is 12.6. The summed E-state index contributed by atoms with van der Waals surface area (Å²) in [5, 5.41) is 3.40. The van der Waals surface area contributed by atoms with Crippen molar-refractivity contribution in [3.8, 4) is 0 Å². The van der Waals surface area contributed by atoms with Gasteiger partial charge in [-0.25, -0.2) is 9.97 Å². The fourth-order valence-electron chi connectivity index (χ4n) is 2.20. The number of aromatic nitrogens is 2. The Morgan fingerprint density at radius 2 is 1.83 bits per heavy atom. The zero-order chi connectivity index (χ0) is 16.6. The van der Waals surface area contributed by atoms with Gasteiger partial charge in [0.25, 0.3) is 0 Å². The van der Waals surface area contributed by atoms with Gasteiger partial charge in [-0.2, -0.15) is 0 Å². The van der Waals surface area contributed by atoms with Crippen LogP contribution >= 0.6 is 11.6 Å². The molecule has 3 rings (SSSR count). The molecule has 1 atom stereocenters. The van der Waals surface area contributed by atoms with Gasteiger partial charge < -0.3 is 5.32 Å². The Kier molecular flexibility index (Phi) is 4.06. The highest BCUT2D eigenvalue weighted by molar-refractivity contribution is 7.89. The fraction of sp³-hybridized carbons (Fsp3) is 0.0667. The largest absolute Gasteiger partial charge is 0.351 e. The third-order valence-corrected chi connectivity index (χ3v) is 4.45. The molecule has 8 heteroatoms. The first-order chi connectivity index (χ1) is 11.0. The van der Waals surface area contributed by atoms with Crippen LogP contribution in [0.3, 0.4) is 0 Å². The number of hydrogen-bond acceptors (Lipinski definition) is 6. The molecule has 1 aliphatic carbocycles. The van der Waals surface area contributed by atoms with Crippen molar-refractivity contribution in [3.05, 3.63) is 63.7 Å². The number of nitrogens with one attached hydrogen (secondary N) is 1. The molecule has 1 aliphatic rings. The topological polar surface area (TPSA) is 89.0 Å². The Hall–Kier alpha value is -2.38. The van der Waals surface area contributed by atoms with Crippen LogP contribution in [0.2, 0.25) is 5.02 Å². The summed E-state index contributed by atoms with van der Waals surface area (Å²) in [6.45, 7) is 0. The molecule has 116 valence electrons. The van der Waals surface area contributed by atoms with E-state index in [0.717, 1.165) is 0 Å². The SMILES string of the molecule is CS(=O)C1=C(Nc2ccc(Cl)cc2)C(=O)c2cncnc2C1=O. The van der Waals surface area contributed by atoms with E-state index in [0.29, 0.717) is 10.7 Å². The van der Waals surface area contributed by atoms with Gasteiger partial charge in [-0.05, 0) is 24.3 Å². The standard InChI is InChI=1S/C15H10ClN3O3S/c1-23(22)15-12(19-9-4-2-8(16)3-5-9)13(20)10-6-17-7-18-11(10)14(15)21/h2-7,19H,1H3. The number of anilines is 1. The highest BCUT2D eigenvalue weighted by Gasteiger charge is 2.35. The minimum absolute atomic E-state index is 0.0274. The van der Waals surface area contributed by atoms with Gasteiger partial charge >= 0.3 is 0 Å². The first-order valence-electron chi connectivity index (χ1n) is 6.48. The summed E-state index contributed by atoms with van der Waals surface area (Å²) < 4.78 is 12.0. The minimum Gasteiger partial charge on any atom is -0.351 e. The predicted molar refractivity (Wildman–Crippen MR) is 86.9 cm³/mol. The molecule has 0 fully saturated rings. The van der Waals surface area contributed by atoms with Crippen molar-refractivity contribution in [1.29, 1.82) is 0 Å². The lowest BCUT2D eigenvalue weighted by atomic mass is 9.98. The first kappa shape index (κ1) is 15.5. The fourth-order valence-corrected chi connectivity index (χ4v) is 3.12. The van der Waals surface area contributed by atoms with E-state index in [1.54, 1.807) is 24.3 Å². The summed E-state index contributed by atoms with van der Waals surface area (Å²) in [5.74, 6) is -1.01. The summed E-state index contributed by atoms with van der Waals surface area (Å²) >= 11 is 5.83. The Balaban J connectivity index is 2.12. The molecule has 2 aromatic rings. The molecule has 0 aliphatic heterocycles. The van der Waals surface area contributed by atoms with E-state index in [1.807, 2.05) is 0 Å². The van der Waals surface area contributed by atoms with Crippen LogP contribution < -0.4 is 5.32 Å². The van der Waals surface area contributed by atoms with Crippen LogP contribution in [0.4, 0.5) is 5.69 Å². The number of rotatable bonds is 3. The van der Waals surface area contributed by atoms with Crippen molar-refractivity contribution >= 4 is 39.7 Å². The molecule has 0 bridgehead atoms. The molecule has 1 aromatic heterocycles. The molecule has 1 unspecified atom stereocenters. The molecule has 23 heavy (non-hydrogen) atoms. The van der Waals surface area contributed by atoms with E-state index in [2.05, 4.69) is 15.3 Å². The molecule has 1 N–H and O–H groups in total. The lowest BCUT2D eigenvalue weighted by Gasteiger charge is -2.19. The van der Waals surface area contributed by atoms with Gasteiger partial charge in [-0.1, -0.05) is 11.6 Å². The van der Waals surface area contributed by atoms with Crippen molar-refractivity contribution in [2.45, 2.75) is 0 Å². The average molecular weight is 348 g/mol. The normalized spacial score (nSPS) is 15.4. The summed E-state index contributed by atoms with van der Waals surface area (Å²) in [5.41, 5.74) is 0.578. The van der Waals surface area contributed by atoms with Crippen LogP contribution in [0, 0.1) is 0 Å². The third-order valence-electron chi connectivity index (χ3n) is 3.23. The number of halogens is 1. The monoisotopic (exact) mass is 347 g/mol. The minimum atomic E-state index is -1.66. The van der Waals surface area contributed by atoms with Gasteiger partial charge in [0.1, 0.15) is 22.6 Å². The third kappa shape index (κ3) is 2.80. The first-order valence-corrected chi connectivity index (χ1v) is 8.42. The molecule has 0 spiro atoms. The summed E-state index contributed by atoms with van der Waals surface area (Å²) in [6.07, 6.45) is 3.80. The molecule has 1 heterocycles. The molecular formula is C15H10ClN3O3S. The lowest BCUT2D eigenvalue weighted by molar-refractivity contribution is 0.0978. The molecule has 0 amide bonds. The molecule has 0 radical (unpaired) electrons. The second-order valence-electron chi connectivity index (χ2n) is 4.73. The van der Waals surface area contributed by atoms with Crippen LogP contribution in [0.25, 0.3) is 0 Å². The van der Waals surface area contributed by atoms with E-state index in [9.17, 15) is 13.8 Å². The second kappa shape index (κ2) is 6.02. The van der Waals surface area contributed by atoms with Crippen LogP contribution in [-0.2, 0) is 10.8 Å². The van der Waals surface area contributed by atoms with Crippen molar-refractivity contribution in [2.24, 2.45) is 0 Å². The number of carbonyl (C=O) groups is 2. The molecule has 1 aromatic carbocycles. The Morgan fingerprint density at radius 1 is 1.13 bits per heavy atom. The van der Waals surface area contributed by atoms with E-state index >= 15 is 0 Å². The lowest BCUT2D eigenvalue weighted by Crippen LogP contribution is -2.29. The number of ketones is 2. The van der Waals surface area contributed by atoms with Gasteiger partial charge in [0.2, 0.25) is 11.6 Å². The Labute approximate surface area is 139 Å². The highest BCUT2D eigenvalue weighted by Crippen LogP contribution is 2.27. The Morgan fingerprint density at radius 3 is 2.48 bits per heavy atom. The number of carbonyl (C=O) groups excluding carboxylic acids is 2. The van der Waals surface area contributed by atoms with Crippen molar-refractivity contribution in [2.75, 3.05) is 11.6 Å². The van der Waals surface area contributed by atoms with E-state index in [-0.39, 0.29) is 21.9 Å². The van der Waals surface area contributed by atoms with Gasteiger partial charge in [0.15, 0.2) is 0 Å². The molecule has 0 saturated heterocycles. The van der Waals surface area contributed by atoms with Crippen LogP contribution in [-0.4, -0.2) is 32.0 Å². The maximum absolute atomic E-state index is 12.6. The number of Topliss-reactive ketones (excluding diaryl/α,β-unsaturated/α-hetero) is 2. The van der Waals surface area contributed by atoms with Crippen molar-refractivity contribution < 1.29 is 13.8 Å². The van der Waals surface area contributed by atoms with E-state index in [4.69, 9.17) is 11.6 Å². The number of allylic oxidation sites excluding steroid dienone is 2. The number of fused-ring (bicyclic) bond motifs is 1. The van der Waals surface area contributed by atoms with Crippen LogP contribution in [0.15, 0.2) is 47.4 Å². The zero-order valence-electron chi connectivity index (χ0n) is 11.9. The summed E-state index contributed by atoms with van der Waals surface area (Å²) in [4.78, 5) is 32.7. The summed E-state index contributed by atoms with van der Waals surface area (Å²) in [7, 11) is -1.66. The van der Waals surface area contributed by atoms with E-state index in [1.165, 1.54) is 18.8 Å². The predicted octanol–water partition coefficient (Wildman–Crippen LogP) is 2.21. The quantitative estimate of drug-likeness (QED) is 0.915. The van der Waals surface area contributed by atoms with E-state index < -0.39 is 22.4 Å². The number of nitrogens with zero attached hydrogens (tertiary/aromatic N) is 2. The molecule has 0 saturated carbocycles. The van der Waals surface area contributed by atoms with Gasteiger partial charge in [-0.3, -0.25) is 13.8 Å². The highest BCUT2D eigenvalue weighted by atomic mass is 35.5. The van der Waals surface area contributed by atoms with Crippen LogP contribution in [0.5, 0.6) is 0 Å². The van der Waals surface area contributed by atoms with Crippen LogP contribution in [0.1, 0.15) is 20.8 Å². The number of hydrogen-bond donors (Lipinski definition) is 1. The van der Waals surface area contributed by atoms with Crippen molar-refractivity contribution in [1.82, 2.24) is 9.97 Å². The zero-order valence-corrected chi connectivity index (χ0v) is 13.4. The Bertz CT molecular complexity index is 878. The average Bonchev–Trinajstić information content (AvgIpc) is 2.54. The number of benzene rings is 1.